The molecule has 0 bridgehead atoms. The molecule has 0 radical (unpaired) electrons. The van der Waals surface area contributed by atoms with Crippen LogP contribution in [0, 0.1) is 0 Å². The lowest BCUT2D eigenvalue weighted by atomic mass is 10.2. The Morgan fingerprint density at radius 1 is 1.14 bits per heavy atom. The van der Waals surface area contributed by atoms with Crippen molar-refractivity contribution in [2.24, 2.45) is 0 Å². The minimum atomic E-state index is -0.374. The van der Waals surface area contributed by atoms with Crippen LogP contribution in [0.1, 0.15) is 36.5 Å². The van der Waals surface area contributed by atoms with E-state index >= 15 is 0 Å². The first-order valence-corrected chi connectivity index (χ1v) is 9.67. The molecule has 152 valence electrons. The first-order chi connectivity index (χ1) is 14.1. The molecule has 1 aliphatic rings. The molecule has 0 saturated carbocycles. The summed E-state index contributed by atoms with van der Waals surface area (Å²) in [6, 6.07) is 13.8. The molecule has 0 fully saturated rings. The zero-order chi connectivity index (χ0) is 20.6. The molecule has 1 aliphatic heterocycles. The highest BCUT2D eigenvalue weighted by Gasteiger charge is 2.25. The number of amides is 2. The molecule has 0 spiro atoms. The average molecular weight is 396 g/mol. The van der Waals surface area contributed by atoms with E-state index in [-0.39, 0.29) is 37.4 Å². The number of benzene rings is 2. The summed E-state index contributed by atoms with van der Waals surface area (Å²) >= 11 is 0. The Bertz CT molecular complexity index is 879. The maximum absolute atomic E-state index is 12.3. The Hall–Kier alpha value is -3.35. The lowest BCUT2D eigenvalue weighted by Crippen LogP contribution is -2.40. The van der Waals surface area contributed by atoms with Crippen molar-refractivity contribution in [3.8, 4) is 5.75 Å². The number of para-hydroxylation sites is 2. The smallest absolute Gasteiger partial charge is 0.338 e. The number of unbranched alkanes of at least 4 members (excludes halogenated alkanes) is 1. The summed E-state index contributed by atoms with van der Waals surface area (Å²) in [5.74, 6) is -0.141. The number of nitrogens with zero attached hydrogens (tertiary/aromatic N) is 1. The Morgan fingerprint density at radius 3 is 2.66 bits per heavy atom. The van der Waals surface area contributed by atoms with E-state index in [9.17, 15) is 14.4 Å². The van der Waals surface area contributed by atoms with Crippen LogP contribution in [-0.2, 0) is 14.3 Å². The van der Waals surface area contributed by atoms with Crippen molar-refractivity contribution in [3.05, 3.63) is 54.1 Å². The van der Waals surface area contributed by atoms with E-state index in [1.165, 1.54) is 0 Å². The first kappa shape index (κ1) is 20.4. The highest BCUT2D eigenvalue weighted by molar-refractivity contribution is 5.99. The number of fused-ring (bicyclic) bond motifs is 1. The van der Waals surface area contributed by atoms with Crippen LogP contribution in [0.4, 0.5) is 11.4 Å². The zero-order valence-corrected chi connectivity index (χ0v) is 16.3. The molecule has 7 nitrogen and oxygen atoms in total. The van der Waals surface area contributed by atoms with E-state index in [0.29, 0.717) is 29.3 Å². The Balaban J connectivity index is 1.52. The molecule has 1 heterocycles. The average Bonchev–Trinajstić information content (AvgIpc) is 2.73. The van der Waals surface area contributed by atoms with Crippen LogP contribution >= 0.6 is 0 Å². The maximum Gasteiger partial charge on any atom is 0.338 e. The van der Waals surface area contributed by atoms with Gasteiger partial charge in [-0.1, -0.05) is 25.5 Å². The van der Waals surface area contributed by atoms with E-state index in [0.717, 1.165) is 12.8 Å². The number of carbonyl (C=O) groups is 3. The maximum atomic E-state index is 12.3. The molecule has 0 aliphatic carbocycles. The number of ether oxygens (including phenoxy) is 2. The third-order valence-corrected chi connectivity index (χ3v) is 4.51. The number of anilines is 2. The minimum Gasteiger partial charge on any atom is -0.482 e. The van der Waals surface area contributed by atoms with Gasteiger partial charge in [0, 0.05) is 18.7 Å². The summed E-state index contributed by atoms with van der Waals surface area (Å²) in [4.78, 5) is 37.9. The summed E-state index contributed by atoms with van der Waals surface area (Å²) in [6.45, 7) is 2.65. The Labute approximate surface area is 169 Å². The summed E-state index contributed by atoms with van der Waals surface area (Å²) < 4.78 is 10.6. The molecule has 3 rings (SSSR count). The van der Waals surface area contributed by atoms with E-state index in [1.54, 1.807) is 41.3 Å². The highest BCUT2D eigenvalue weighted by Crippen LogP contribution is 2.31. The normalized spacial score (nSPS) is 12.7. The van der Waals surface area contributed by atoms with Gasteiger partial charge in [0.15, 0.2) is 6.61 Å². The van der Waals surface area contributed by atoms with Crippen LogP contribution in [0.15, 0.2) is 48.5 Å². The summed E-state index contributed by atoms with van der Waals surface area (Å²) in [7, 11) is 0. The summed E-state index contributed by atoms with van der Waals surface area (Å²) in [5, 5.41) is 2.78. The van der Waals surface area contributed by atoms with Gasteiger partial charge in [0.2, 0.25) is 5.91 Å². The molecule has 0 atom stereocenters. The molecular weight excluding hydrogens is 372 g/mol. The molecule has 0 aromatic heterocycles. The van der Waals surface area contributed by atoms with Gasteiger partial charge < -0.3 is 19.7 Å². The monoisotopic (exact) mass is 396 g/mol. The second kappa shape index (κ2) is 9.73. The SMILES string of the molecule is CCCCOC(=O)c1ccc(NC(=O)CCN2C(=O)COc3ccccc32)cc1. The van der Waals surface area contributed by atoms with Crippen LogP contribution in [0.2, 0.25) is 0 Å². The standard InChI is InChI=1S/C22H24N2O5/c1-2-3-14-28-22(27)16-8-10-17(11-9-16)23-20(25)12-13-24-18-6-4-5-7-19(18)29-15-21(24)26/h4-11H,2-3,12-15H2,1H3,(H,23,25). The van der Waals surface area contributed by atoms with Gasteiger partial charge >= 0.3 is 5.97 Å². The Kier molecular flexibility index (Phi) is 6.84. The number of rotatable bonds is 8. The van der Waals surface area contributed by atoms with Crippen molar-refractivity contribution in [1.29, 1.82) is 0 Å². The van der Waals surface area contributed by atoms with Crippen molar-refractivity contribution in [2.45, 2.75) is 26.2 Å². The molecule has 2 aromatic carbocycles. The van der Waals surface area contributed by atoms with E-state index in [2.05, 4.69) is 5.32 Å². The lowest BCUT2D eigenvalue weighted by Gasteiger charge is -2.29. The van der Waals surface area contributed by atoms with Crippen LogP contribution in [0.3, 0.4) is 0 Å². The first-order valence-electron chi connectivity index (χ1n) is 9.67. The van der Waals surface area contributed by atoms with Gasteiger partial charge in [0.1, 0.15) is 5.75 Å². The fourth-order valence-corrected chi connectivity index (χ4v) is 2.92. The molecule has 0 unspecified atom stereocenters. The van der Waals surface area contributed by atoms with Gasteiger partial charge in [0.05, 0.1) is 17.9 Å². The second-order valence-electron chi connectivity index (χ2n) is 6.67. The van der Waals surface area contributed by atoms with Gasteiger partial charge in [-0.3, -0.25) is 9.59 Å². The molecule has 2 amide bonds. The second-order valence-corrected chi connectivity index (χ2v) is 6.67. The van der Waals surface area contributed by atoms with E-state index < -0.39 is 0 Å². The zero-order valence-electron chi connectivity index (χ0n) is 16.3. The summed E-state index contributed by atoms with van der Waals surface area (Å²) in [6.07, 6.45) is 1.93. The van der Waals surface area contributed by atoms with Gasteiger partial charge in [-0.15, -0.1) is 0 Å². The Morgan fingerprint density at radius 2 is 1.90 bits per heavy atom. The van der Waals surface area contributed by atoms with Gasteiger partial charge in [-0.25, -0.2) is 4.79 Å². The lowest BCUT2D eigenvalue weighted by molar-refractivity contribution is -0.121. The highest BCUT2D eigenvalue weighted by atomic mass is 16.5. The molecule has 29 heavy (non-hydrogen) atoms. The number of esters is 1. The quantitative estimate of drug-likeness (QED) is 0.546. The van der Waals surface area contributed by atoms with E-state index in [1.807, 2.05) is 19.1 Å². The third-order valence-electron chi connectivity index (χ3n) is 4.51. The van der Waals surface area contributed by atoms with Crippen molar-refractivity contribution in [2.75, 3.05) is 30.0 Å². The van der Waals surface area contributed by atoms with Gasteiger partial charge in [0.25, 0.3) is 5.91 Å². The molecule has 2 aromatic rings. The molecule has 1 N–H and O–H groups in total. The predicted octanol–water partition coefficient (Wildman–Crippen LogP) is 3.40. The van der Waals surface area contributed by atoms with Crippen LogP contribution in [0.5, 0.6) is 5.75 Å². The van der Waals surface area contributed by atoms with Crippen LogP contribution in [0.25, 0.3) is 0 Å². The largest absolute Gasteiger partial charge is 0.482 e. The number of hydrogen-bond acceptors (Lipinski definition) is 5. The number of nitrogens with one attached hydrogen (secondary N) is 1. The van der Waals surface area contributed by atoms with Crippen molar-refractivity contribution in [3.63, 3.8) is 0 Å². The number of hydrogen-bond donors (Lipinski definition) is 1. The summed E-state index contributed by atoms with van der Waals surface area (Å²) in [5.41, 5.74) is 1.69. The molecule has 7 heteroatoms. The van der Waals surface area contributed by atoms with Gasteiger partial charge in [-0.05, 0) is 42.8 Å². The van der Waals surface area contributed by atoms with Gasteiger partial charge in [-0.2, -0.15) is 0 Å². The fourth-order valence-electron chi connectivity index (χ4n) is 2.92. The van der Waals surface area contributed by atoms with Crippen molar-refractivity contribution < 1.29 is 23.9 Å². The molecular formula is C22H24N2O5. The van der Waals surface area contributed by atoms with Crippen LogP contribution in [-0.4, -0.2) is 37.5 Å². The predicted molar refractivity (Wildman–Crippen MR) is 109 cm³/mol. The topological polar surface area (TPSA) is 84.9 Å². The van der Waals surface area contributed by atoms with Crippen LogP contribution < -0.4 is 15.0 Å². The molecule has 0 saturated heterocycles. The third kappa shape index (κ3) is 5.34. The fraction of sp³-hybridized carbons (Fsp3) is 0.318. The minimum absolute atomic E-state index is 0.0333. The van der Waals surface area contributed by atoms with E-state index in [4.69, 9.17) is 9.47 Å². The number of carbonyl (C=O) groups excluding carboxylic acids is 3. The van der Waals surface area contributed by atoms with Crippen molar-refractivity contribution >= 4 is 29.2 Å². The van der Waals surface area contributed by atoms with Crippen molar-refractivity contribution in [1.82, 2.24) is 0 Å².